The number of aryl methyl sites for hydroxylation is 1. The highest BCUT2D eigenvalue weighted by Crippen LogP contribution is 2.39. The van der Waals surface area contributed by atoms with Gasteiger partial charge >= 0.3 is 0 Å². The van der Waals surface area contributed by atoms with Gasteiger partial charge in [-0.15, -0.1) is 11.3 Å². The minimum absolute atomic E-state index is 0.164. The largest absolute Gasteiger partial charge is 0.132 e. The van der Waals surface area contributed by atoms with Crippen molar-refractivity contribution in [2.24, 2.45) is 0 Å². The van der Waals surface area contributed by atoms with E-state index in [0.717, 1.165) is 14.4 Å². The van der Waals surface area contributed by atoms with Crippen molar-refractivity contribution in [3.63, 3.8) is 0 Å². The molecule has 1 unspecified atom stereocenters. The summed E-state index contributed by atoms with van der Waals surface area (Å²) in [6.07, 6.45) is 0. The van der Waals surface area contributed by atoms with Gasteiger partial charge in [0.15, 0.2) is 0 Å². The Morgan fingerprint density at radius 2 is 2.00 bits per heavy atom. The highest BCUT2D eigenvalue weighted by atomic mass is 79.9. The van der Waals surface area contributed by atoms with Crippen LogP contribution in [0, 0.1) is 6.92 Å². The zero-order chi connectivity index (χ0) is 11.7. The van der Waals surface area contributed by atoms with Gasteiger partial charge in [-0.1, -0.05) is 39.7 Å². The average molecular weight is 381 g/mol. The molecule has 1 aromatic carbocycles. The molecule has 16 heavy (non-hydrogen) atoms. The summed E-state index contributed by atoms with van der Waals surface area (Å²) >= 11 is 15.1. The molecule has 1 aromatic heterocycles. The average Bonchev–Trinajstić information content (AvgIpc) is 2.64. The quantitative estimate of drug-likeness (QED) is 0.564. The normalized spacial score (nSPS) is 12.8. The standard InChI is InChI=1S/C12H9Br2ClS/c1-7-2-3-8(9(15)6-7)12(14)10-4-5-11(13)16-10/h2-6,12H,1H3. The van der Waals surface area contributed by atoms with Crippen molar-refractivity contribution in [3.05, 3.63) is 55.1 Å². The first-order chi connectivity index (χ1) is 7.58. The number of benzene rings is 1. The van der Waals surface area contributed by atoms with Gasteiger partial charge in [-0.2, -0.15) is 0 Å². The zero-order valence-electron chi connectivity index (χ0n) is 8.51. The minimum atomic E-state index is 0.164. The maximum absolute atomic E-state index is 6.24. The molecule has 1 atom stereocenters. The third-order valence-electron chi connectivity index (χ3n) is 2.27. The highest BCUT2D eigenvalue weighted by molar-refractivity contribution is 9.11. The number of halogens is 3. The summed E-state index contributed by atoms with van der Waals surface area (Å²) < 4.78 is 1.13. The number of rotatable bonds is 2. The Balaban J connectivity index is 2.37. The second-order valence-electron chi connectivity index (χ2n) is 3.53. The third-order valence-corrected chi connectivity index (χ3v) is 5.58. The lowest BCUT2D eigenvalue weighted by Crippen LogP contribution is -1.91. The summed E-state index contributed by atoms with van der Waals surface area (Å²) in [4.78, 5) is 1.41. The second-order valence-corrected chi connectivity index (χ2v) is 7.35. The fourth-order valence-electron chi connectivity index (χ4n) is 1.46. The molecule has 0 nitrogen and oxygen atoms in total. The van der Waals surface area contributed by atoms with E-state index in [-0.39, 0.29) is 4.83 Å². The molecule has 4 heteroatoms. The SMILES string of the molecule is Cc1ccc(C(Br)c2ccc(Br)s2)c(Cl)c1. The maximum Gasteiger partial charge on any atom is 0.0752 e. The van der Waals surface area contributed by atoms with E-state index >= 15 is 0 Å². The van der Waals surface area contributed by atoms with E-state index in [0.29, 0.717) is 0 Å². The van der Waals surface area contributed by atoms with Crippen molar-refractivity contribution in [3.8, 4) is 0 Å². The van der Waals surface area contributed by atoms with Gasteiger partial charge < -0.3 is 0 Å². The molecule has 0 spiro atoms. The number of hydrogen-bond acceptors (Lipinski definition) is 1. The van der Waals surface area contributed by atoms with Gasteiger partial charge in [0.2, 0.25) is 0 Å². The Hall–Kier alpha value is 0.170. The molecule has 0 amide bonds. The molecule has 0 saturated carbocycles. The van der Waals surface area contributed by atoms with Gasteiger partial charge in [0.25, 0.3) is 0 Å². The van der Waals surface area contributed by atoms with Crippen LogP contribution in [0.5, 0.6) is 0 Å². The van der Waals surface area contributed by atoms with Gasteiger partial charge in [0.1, 0.15) is 0 Å². The lowest BCUT2D eigenvalue weighted by Gasteiger charge is -2.10. The molecular weight excluding hydrogens is 371 g/mol. The van der Waals surface area contributed by atoms with Crippen LogP contribution >= 0.6 is 54.8 Å². The fourth-order valence-corrected chi connectivity index (χ4v) is 4.18. The van der Waals surface area contributed by atoms with Crippen LogP contribution in [0.3, 0.4) is 0 Å². The molecule has 1 heterocycles. The van der Waals surface area contributed by atoms with Crippen LogP contribution in [0.2, 0.25) is 5.02 Å². The van der Waals surface area contributed by atoms with Crippen molar-refractivity contribution < 1.29 is 0 Å². The summed E-state index contributed by atoms with van der Waals surface area (Å²) in [7, 11) is 0. The molecular formula is C12H9Br2ClS. The van der Waals surface area contributed by atoms with Gasteiger partial charge in [0, 0.05) is 9.90 Å². The second kappa shape index (κ2) is 5.21. The molecule has 0 aliphatic heterocycles. The maximum atomic E-state index is 6.24. The van der Waals surface area contributed by atoms with Crippen LogP contribution in [0.1, 0.15) is 20.8 Å². The van der Waals surface area contributed by atoms with Gasteiger partial charge in [-0.3, -0.25) is 0 Å². The van der Waals surface area contributed by atoms with E-state index in [1.54, 1.807) is 11.3 Å². The fraction of sp³-hybridized carbons (Fsp3) is 0.167. The zero-order valence-corrected chi connectivity index (χ0v) is 13.3. The molecule has 0 aliphatic rings. The van der Waals surface area contributed by atoms with Crippen LogP contribution in [-0.4, -0.2) is 0 Å². The Labute approximate surface area is 121 Å². The van der Waals surface area contributed by atoms with Crippen molar-refractivity contribution in [1.82, 2.24) is 0 Å². The summed E-state index contributed by atoms with van der Waals surface area (Å²) in [5.41, 5.74) is 2.29. The monoisotopic (exact) mass is 378 g/mol. The predicted molar refractivity (Wildman–Crippen MR) is 79.0 cm³/mol. The van der Waals surface area contributed by atoms with Crippen molar-refractivity contribution in [2.45, 2.75) is 11.8 Å². The minimum Gasteiger partial charge on any atom is -0.132 e. The molecule has 84 valence electrons. The first kappa shape index (κ1) is 12.6. The number of alkyl halides is 1. The van der Waals surface area contributed by atoms with E-state index in [1.807, 2.05) is 13.0 Å². The predicted octanol–water partition coefficient (Wildman–Crippen LogP) is 5.96. The van der Waals surface area contributed by atoms with Crippen LogP contribution in [0.25, 0.3) is 0 Å². The van der Waals surface area contributed by atoms with Gasteiger partial charge in [-0.25, -0.2) is 0 Å². The van der Waals surface area contributed by atoms with Crippen LogP contribution in [-0.2, 0) is 0 Å². The molecule has 0 aliphatic carbocycles. The van der Waals surface area contributed by atoms with E-state index in [1.165, 1.54) is 10.4 Å². The first-order valence-electron chi connectivity index (χ1n) is 4.73. The molecule has 2 rings (SSSR count). The Morgan fingerprint density at radius 3 is 2.56 bits per heavy atom. The lowest BCUT2D eigenvalue weighted by atomic mass is 10.1. The van der Waals surface area contributed by atoms with Crippen molar-refractivity contribution in [1.29, 1.82) is 0 Å². The van der Waals surface area contributed by atoms with Gasteiger partial charge in [-0.05, 0) is 52.2 Å². The molecule has 0 radical (unpaired) electrons. The molecule has 0 fully saturated rings. The molecule has 2 aromatic rings. The molecule has 0 saturated heterocycles. The lowest BCUT2D eigenvalue weighted by molar-refractivity contribution is 1.22. The van der Waals surface area contributed by atoms with Crippen LogP contribution in [0.15, 0.2) is 34.1 Å². The summed E-state index contributed by atoms with van der Waals surface area (Å²) in [5.74, 6) is 0. The van der Waals surface area contributed by atoms with Crippen molar-refractivity contribution >= 4 is 54.8 Å². The van der Waals surface area contributed by atoms with E-state index in [4.69, 9.17) is 11.6 Å². The molecule has 0 N–H and O–H groups in total. The third kappa shape index (κ3) is 2.70. The van der Waals surface area contributed by atoms with E-state index < -0.39 is 0 Å². The van der Waals surface area contributed by atoms with Crippen LogP contribution < -0.4 is 0 Å². The smallest absolute Gasteiger partial charge is 0.0752 e. The summed E-state index contributed by atoms with van der Waals surface area (Å²) in [5, 5.41) is 0.811. The number of thiophene rings is 1. The summed E-state index contributed by atoms with van der Waals surface area (Å²) in [6.45, 7) is 2.04. The summed E-state index contributed by atoms with van der Waals surface area (Å²) in [6, 6.07) is 10.3. The molecule has 0 bridgehead atoms. The number of hydrogen-bond donors (Lipinski definition) is 0. The Morgan fingerprint density at radius 1 is 1.25 bits per heavy atom. The van der Waals surface area contributed by atoms with E-state index in [9.17, 15) is 0 Å². The Bertz CT molecular complexity index is 507. The van der Waals surface area contributed by atoms with Gasteiger partial charge in [0.05, 0.1) is 8.61 Å². The van der Waals surface area contributed by atoms with Crippen molar-refractivity contribution in [2.75, 3.05) is 0 Å². The topological polar surface area (TPSA) is 0 Å². The highest BCUT2D eigenvalue weighted by Gasteiger charge is 2.15. The first-order valence-corrected chi connectivity index (χ1v) is 7.63. The van der Waals surface area contributed by atoms with E-state index in [2.05, 4.69) is 56.1 Å². The van der Waals surface area contributed by atoms with Crippen LogP contribution in [0.4, 0.5) is 0 Å². The Kier molecular flexibility index (Phi) is 4.11.